The van der Waals surface area contributed by atoms with Crippen molar-refractivity contribution in [3.63, 3.8) is 0 Å². The minimum Gasteiger partial charge on any atom is -0.310 e. The van der Waals surface area contributed by atoms with Gasteiger partial charge in [0.15, 0.2) is 0 Å². The molecule has 0 spiro atoms. The molecule has 1 fully saturated rings. The van der Waals surface area contributed by atoms with Gasteiger partial charge in [-0.3, -0.25) is 0 Å². The zero-order valence-corrected chi connectivity index (χ0v) is 12.7. The van der Waals surface area contributed by atoms with Gasteiger partial charge in [0.1, 0.15) is 5.82 Å². The van der Waals surface area contributed by atoms with Crippen molar-refractivity contribution in [1.29, 1.82) is 0 Å². The van der Waals surface area contributed by atoms with Gasteiger partial charge in [-0.15, -0.1) is 0 Å². The van der Waals surface area contributed by atoms with Crippen LogP contribution in [-0.4, -0.2) is 31.1 Å². The van der Waals surface area contributed by atoms with E-state index in [0.717, 1.165) is 25.4 Å². The first-order chi connectivity index (χ1) is 9.72. The van der Waals surface area contributed by atoms with E-state index in [9.17, 15) is 4.39 Å². The number of halogens is 1. The maximum atomic E-state index is 13.0. The number of benzene rings is 1. The van der Waals surface area contributed by atoms with Gasteiger partial charge in [0.2, 0.25) is 0 Å². The maximum Gasteiger partial charge on any atom is 0.123 e. The Morgan fingerprint density at radius 3 is 2.65 bits per heavy atom. The quantitative estimate of drug-likeness (QED) is 0.820. The van der Waals surface area contributed by atoms with E-state index in [2.05, 4.69) is 24.1 Å². The highest BCUT2D eigenvalue weighted by molar-refractivity contribution is 5.20. The summed E-state index contributed by atoms with van der Waals surface area (Å²) in [5, 5.41) is 3.52. The molecule has 2 unspecified atom stereocenters. The second-order valence-electron chi connectivity index (χ2n) is 5.81. The number of hydrogen-bond acceptors (Lipinski definition) is 2. The normalized spacial score (nSPS) is 21.2. The number of nitrogens with zero attached hydrogens (tertiary/aromatic N) is 1. The molecule has 2 rings (SSSR count). The summed E-state index contributed by atoms with van der Waals surface area (Å²) < 4.78 is 13.0. The lowest BCUT2D eigenvalue weighted by molar-refractivity contribution is 0.299. The van der Waals surface area contributed by atoms with Gasteiger partial charge >= 0.3 is 0 Å². The third-order valence-electron chi connectivity index (χ3n) is 4.40. The van der Waals surface area contributed by atoms with E-state index in [4.69, 9.17) is 0 Å². The van der Waals surface area contributed by atoms with Gasteiger partial charge in [-0.2, -0.15) is 0 Å². The summed E-state index contributed by atoms with van der Waals surface area (Å²) in [6.07, 6.45) is 3.74. The molecule has 1 aliphatic rings. The van der Waals surface area contributed by atoms with Crippen LogP contribution >= 0.6 is 0 Å². The molecule has 0 aromatic heterocycles. The van der Waals surface area contributed by atoms with Crippen LogP contribution in [0.2, 0.25) is 0 Å². The zero-order valence-electron chi connectivity index (χ0n) is 12.7. The van der Waals surface area contributed by atoms with Crippen molar-refractivity contribution < 1.29 is 4.39 Å². The molecule has 2 atom stereocenters. The molecule has 2 nitrogen and oxygen atoms in total. The molecule has 0 aliphatic carbocycles. The highest BCUT2D eigenvalue weighted by Crippen LogP contribution is 2.22. The van der Waals surface area contributed by atoms with Crippen LogP contribution in [0.3, 0.4) is 0 Å². The summed E-state index contributed by atoms with van der Waals surface area (Å²) in [5.41, 5.74) is 1.19. The fourth-order valence-electron chi connectivity index (χ4n) is 3.09. The zero-order chi connectivity index (χ0) is 14.4. The Morgan fingerprint density at radius 2 is 2.05 bits per heavy atom. The largest absolute Gasteiger partial charge is 0.310 e. The van der Waals surface area contributed by atoms with Crippen molar-refractivity contribution in [3.05, 3.63) is 35.6 Å². The number of hydrogen-bond donors (Lipinski definition) is 1. The summed E-state index contributed by atoms with van der Waals surface area (Å²) in [5.74, 6) is 0.729. The first-order valence-electron chi connectivity index (χ1n) is 7.94. The Balaban J connectivity index is 1.88. The average Bonchev–Trinajstić information content (AvgIpc) is 2.92. The second-order valence-corrected chi connectivity index (χ2v) is 5.81. The van der Waals surface area contributed by atoms with Crippen LogP contribution < -0.4 is 5.32 Å². The molecule has 1 aliphatic heterocycles. The van der Waals surface area contributed by atoms with E-state index in [-0.39, 0.29) is 5.82 Å². The predicted octanol–water partition coefficient (Wildman–Crippen LogP) is 3.60. The van der Waals surface area contributed by atoms with Crippen molar-refractivity contribution >= 4 is 0 Å². The molecule has 1 N–H and O–H groups in total. The van der Waals surface area contributed by atoms with Crippen LogP contribution in [0.4, 0.5) is 4.39 Å². The summed E-state index contributed by atoms with van der Waals surface area (Å²) in [6.45, 7) is 8.97. The third-order valence-corrected chi connectivity index (χ3v) is 4.40. The lowest BCUT2D eigenvalue weighted by Gasteiger charge is -2.22. The van der Waals surface area contributed by atoms with Crippen molar-refractivity contribution in [3.8, 4) is 0 Å². The molecule has 1 heterocycles. The van der Waals surface area contributed by atoms with E-state index < -0.39 is 0 Å². The molecule has 3 heteroatoms. The minimum absolute atomic E-state index is 0.158. The third kappa shape index (κ3) is 4.29. The van der Waals surface area contributed by atoms with Crippen molar-refractivity contribution in [2.24, 2.45) is 5.92 Å². The molecule has 0 amide bonds. The van der Waals surface area contributed by atoms with E-state index in [1.54, 1.807) is 12.1 Å². The van der Waals surface area contributed by atoms with Gasteiger partial charge in [0, 0.05) is 12.6 Å². The maximum absolute atomic E-state index is 13.0. The highest BCUT2D eigenvalue weighted by atomic mass is 19.1. The smallest absolute Gasteiger partial charge is 0.123 e. The Hall–Kier alpha value is -0.930. The Labute approximate surface area is 122 Å². The molecule has 0 radical (unpaired) electrons. The first-order valence-corrected chi connectivity index (χ1v) is 7.94. The van der Waals surface area contributed by atoms with Gasteiger partial charge in [-0.25, -0.2) is 4.39 Å². The average molecular weight is 278 g/mol. The lowest BCUT2D eigenvalue weighted by Crippen LogP contribution is -2.28. The van der Waals surface area contributed by atoms with Gasteiger partial charge < -0.3 is 10.2 Å². The van der Waals surface area contributed by atoms with E-state index in [1.165, 1.54) is 31.5 Å². The molecule has 112 valence electrons. The van der Waals surface area contributed by atoms with Crippen LogP contribution in [0.15, 0.2) is 24.3 Å². The fraction of sp³-hybridized carbons (Fsp3) is 0.647. The summed E-state index contributed by atoms with van der Waals surface area (Å²) in [7, 11) is 0. The monoisotopic (exact) mass is 278 g/mol. The van der Waals surface area contributed by atoms with Gasteiger partial charge in [-0.05, 0) is 56.1 Å². The van der Waals surface area contributed by atoms with Crippen molar-refractivity contribution in [2.45, 2.75) is 39.2 Å². The summed E-state index contributed by atoms with van der Waals surface area (Å²) in [6, 6.07) is 7.26. The molecular weight excluding hydrogens is 251 g/mol. The van der Waals surface area contributed by atoms with Crippen LogP contribution in [0.5, 0.6) is 0 Å². The van der Waals surface area contributed by atoms with Crippen molar-refractivity contribution in [2.75, 3.05) is 26.2 Å². The first kappa shape index (κ1) is 15.5. The Bertz CT molecular complexity index is 390. The van der Waals surface area contributed by atoms with Gasteiger partial charge in [0.05, 0.1) is 0 Å². The Morgan fingerprint density at radius 1 is 1.30 bits per heavy atom. The van der Waals surface area contributed by atoms with E-state index in [0.29, 0.717) is 6.04 Å². The van der Waals surface area contributed by atoms with Crippen LogP contribution in [0.25, 0.3) is 0 Å². The molecule has 1 aromatic carbocycles. The SMILES string of the molecule is CCNC(CCN1CCC(CC)C1)c1ccc(F)cc1. The lowest BCUT2D eigenvalue weighted by atomic mass is 10.0. The Kier molecular flexibility index (Phi) is 5.99. The standard InChI is InChI=1S/C17H27FN2/c1-3-14-9-11-20(13-14)12-10-17(19-4-2)15-5-7-16(18)8-6-15/h5-8,14,17,19H,3-4,9-13H2,1-2H3. The summed E-state index contributed by atoms with van der Waals surface area (Å²) >= 11 is 0. The highest BCUT2D eigenvalue weighted by Gasteiger charge is 2.21. The minimum atomic E-state index is -0.158. The second kappa shape index (κ2) is 7.75. The van der Waals surface area contributed by atoms with Crippen molar-refractivity contribution in [1.82, 2.24) is 10.2 Å². The number of likely N-dealkylation sites (tertiary alicyclic amines) is 1. The summed E-state index contributed by atoms with van der Waals surface area (Å²) in [4.78, 5) is 2.57. The van der Waals surface area contributed by atoms with E-state index >= 15 is 0 Å². The number of nitrogens with one attached hydrogen (secondary N) is 1. The molecule has 0 bridgehead atoms. The number of rotatable bonds is 7. The molecule has 1 aromatic rings. The molecule has 0 saturated carbocycles. The van der Waals surface area contributed by atoms with Crippen LogP contribution in [0, 0.1) is 11.7 Å². The van der Waals surface area contributed by atoms with E-state index in [1.807, 2.05) is 12.1 Å². The molecule has 1 saturated heterocycles. The van der Waals surface area contributed by atoms with Gasteiger partial charge in [-0.1, -0.05) is 32.4 Å². The topological polar surface area (TPSA) is 15.3 Å². The fourth-order valence-corrected chi connectivity index (χ4v) is 3.09. The predicted molar refractivity (Wildman–Crippen MR) is 82.3 cm³/mol. The van der Waals surface area contributed by atoms with Gasteiger partial charge in [0.25, 0.3) is 0 Å². The van der Waals surface area contributed by atoms with Crippen LogP contribution in [0.1, 0.15) is 44.7 Å². The molecular formula is C17H27FN2. The van der Waals surface area contributed by atoms with Crippen LogP contribution in [-0.2, 0) is 0 Å². The molecule has 20 heavy (non-hydrogen) atoms.